The number of thiocarbonyl (C=S) groups is 1. The van der Waals surface area contributed by atoms with Crippen LogP contribution in [-0.4, -0.2) is 11.0 Å². The number of ether oxygens (including phenoxy) is 1. The number of hydrogen-bond acceptors (Lipinski definition) is 3. The zero-order valence-corrected chi connectivity index (χ0v) is 11.3. The lowest BCUT2D eigenvalue weighted by Crippen LogP contribution is -1.95. The molecule has 1 aromatic carbocycles. The van der Waals surface area contributed by atoms with Crippen molar-refractivity contribution < 1.29 is 4.74 Å². The maximum Gasteiger partial charge on any atom is 0.224 e. The summed E-state index contributed by atoms with van der Waals surface area (Å²) < 4.78 is 6.83. The Kier molecular flexibility index (Phi) is 4.92. The summed E-state index contributed by atoms with van der Waals surface area (Å²) in [5.74, 6) is 0. The number of hydrogen-bond donors (Lipinski definition) is 0. The monoisotopic (exact) mass is 290 g/mol. The van der Waals surface area contributed by atoms with Crippen LogP contribution < -0.4 is 0 Å². The van der Waals surface area contributed by atoms with Gasteiger partial charge in [-0.1, -0.05) is 6.07 Å². The molecule has 0 bridgehead atoms. The summed E-state index contributed by atoms with van der Waals surface area (Å²) in [5.41, 5.74) is 1.22. The van der Waals surface area contributed by atoms with E-state index in [1.807, 2.05) is 13.0 Å². The van der Waals surface area contributed by atoms with E-state index < -0.39 is 0 Å². The summed E-state index contributed by atoms with van der Waals surface area (Å²) in [5, 5.41) is 0. The van der Waals surface area contributed by atoms with E-state index in [4.69, 9.17) is 17.0 Å². The van der Waals surface area contributed by atoms with Crippen LogP contribution >= 0.6 is 39.9 Å². The SMILES string of the molecule is CCOC(=S)Sc1cc(C)ccc1Br. The van der Waals surface area contributed by atoms with Gasteiger partial charge >= 0.3 is 0 Å². The van der Waals surface area contributed by atoms with Gasteiger partial charge in [0.05, 0.1) is 6.61 Å². The minimum atomic E-state index is 0.568. The summed E-state index contributed by atoms with van der Waals surface area (Å²) in [6.45, 7) is 4.60. The minimum absolute atomic E-state index is 0.568. The summed E-state index contributed by atoms with van der Waals surface area (Å²) in [7, 11) is 0. The highest BCUT2D eigenvalue weighted by Crippen LogP contribution is 2.29. The van der Waals surface area contributed by atoms with Crippen molar-refractivity contribution in [1.82, 2.24) is 0 Å². The van der Waals surface area contributed by atoms with E-state index in [1.54, 1.807) is 0 Å². The third kappa shape index (κ3) is 3.59. The van der Waals surface area contributed by atoms with Crippen LogP contribution in [0, 0.1) is 6.92 Å². The van der Waals surface area contributed by atoms with Gasteiger partial charge in [0.2, 0.25) is 4.38 Å². The molecule has 0 fully saturated rings. The van der Waals surface area contributed by atoms with Gasteiger partial charge in [-0.25, -0.2) is 0 Å². The summed E-state index contributed by atoms with van der Waals surface area (Å²) in [6.07, 6.45) is 0. The van der Waals surface area contributed by atoms with Gasteiger partial charge < -0.3 is 4.74 Å². The molecule has 0 unspecified atom stereocenters. The fourth-order valence-electron chi connectivity index (χ4n) is 0.926. The van der Waals surface area contributed by atoms with E-state index in [1.165, 1.54) is 17.3 Å². The van der Waals surface area contributed by atoms with E-state index in [0.29, 0.717) is 11.0 Å². The standard InChI is InChI=1S/C10H11BrOS2/c1-3-12-10(13)14-9-6-7(2)4-5-8(9)11/h4-6H,3H2,1-2H3. The van der Waals surface area contributed by atoms with Crippen LogP contribution in [0.1, 0.15) is 12.5 Å². The first-order valence-corrected chi connectivity index (χ1v) is 6.26. The Bertz CT molecular complexity index is 339. The highest BCUT2D eigenvalue weighted by Gasteiger charge is 2.05. The molecule has 0 aliphatic rings. The van der Waals surface area contributed by atoms with Crippen LogP contribution in [0.15, 0.2) is 27.6 Å². The van der Waals surface area contributed by atoms with Gasteiger partial charge in [0, 0.05) is 9.37 Å². The summed E-state index contributed by atoms with van der Waals surface area (Å²) in [4.78, 5) is 1.10. The summed E-state index contributed by atoms with van der Waals surface area (Å²) in [6, 6.07) is 6.16. The molecule has 4 heteroatoms. The zero-order valence-electron chi connectivity index (χ0n) is 8.04. The van der Waals surface area contributed by atoms with Crippen molar-refractivity contribution in [2.24, 2.45) is 0 Å². The van der Waals surface area contributed by atoms with Gasteiger partial charge in [0.25, 0.3) is 0 Å². The van der Waals surface area contributed by atoms with E-state index in [0.717, 1.165) is 9.37 Å². The second kappa shape index (κ2) is 5.73. The number of aryl methyl sites for hydroxylation is 1. The van der Waals surface area contributed by atoms with Gasteiger partial charge in [-0.3, -0.25) is 0 Å². The fraction of sp³-hybridized carbons (Fsp3) is 0.300. The number of halogens is 1. The Balaban J connectivity index is 2.75. The predicted molar refractivity (Wildman–Crippen MR) is 69.0 cm³/mol. The van der Waals surface area contributed by atoms with Crippen molar-refractivity contribution in [3.8, 4) is 0 Å². The molecular weight excluding hydrogens is 280 g/mol. The predicted octanol–water partition coefficient (Wildman–Crippen LogP) is 4.17. The Morgan fingerprint density at radius 2 is 2.29 bits per heavy atom. The first-order chi connectivity index (χ1) is 6.63. The maximum absolute atomic E-state index is 5.21. The van der Waals surface area contributed by atoms with Crippen LogP contribution in [-0.2, 0) is 4.74 Å². The molecule has 0 aliphatic carbocycles. The molecule has 0 aromatic heterocycles. The minimum Gasteiger partial charge on any atom is -0.479 e. The third-order valence-corrected chi connectivity index (χ3v) is 3.71. The molecular formula is C10H11BrOS2. The maximum atomic E-state index is 5.21. The molecule has 14 heavy (non-hydrogen) atoms. The van der Waals surface area contributed by atoms with Crippen molar-refractivity contribution in [3.05, 3.63) is 28.2 Å². The van der Waals surface area contributed by atoms with Gasteiger partial charge in [0.15, 0.2) is 0 Å². The number of benzene rings is 1. The first kappa shape index (κ1) is 12.0. The van der Waals surface area contributed by atoms with Gasteiger partial charge in [-0.2, -0.15) is 0 Å². The highest BCUT2D eigenvalue weighted by atomic mass is 79.9. The van der Waals surface area contributed by atoms with Crippen molar-refractivity contribution in [3.63, 3.8) is 0 Å². The van der Waals surface area contributed by atoms with Gasteiger partial charge in [-0.15, -0.1) is 0 Å². The molecule has 1 rings (SSSR count). The molecule has 1 aromatic rings. The van der Waals surface area contributed by atoms with Crippen molar-refractivity contribution in [2.45, 2.75) is 18.7 Å². The highest BCUT2D eigenvalue weighted by molar-refractivity contribution is 9.10. The molecule has 0 saturated carbocycles. The van der Waals surface area contributed by atoms with Crippen LogP contribution in [0.5, 0.6) is 0 Å². The average Bonchev–Trinajstić information content (AvgIpc) is 2.12. The van der Waals surface area contributed by atoms with Crippen molar-refractivity contribution in [1.29, 1.82) is 0 Å². The quantitative estimate of drug-likeness (QED) is 0.598. The lowest BCUT2D eigenvalue weighted by molar-refractivity contribution is 0.346. The third-order valence-electron chi connectivity index (χ3n) is 1.54. The molecule has 0 N–H and O–H groups in total. The van der Waals surface area contributed by atoms with E-state index in [-0.39, 0.29) is 0 Å². The molecule has 1 nitrogen and oxygen atoms in total. The Labute approximate surface area is 102 Å². The fourth-order valence-corrected chi connectivity index (χ4v) is 2.57. The lowest BCUT2D eigenvalue weighted by Gasteiger charge is -2.06. The topological polar surface area (TPSA) is 9.23 Å². The molecule has 76 valence electrons. The molecule has 0 spiro atoms. The molecule has 0 saturated heterocycles. The van der Waals surface area contributed by atoms with Crippen molar-refractivity contribution >= 4 is 44.3 Å². The Hall–Kier alpha value is -0.0600. The van der Waals surface area contributed by atoms with Crippen LogP contribution in [0.4, 0.5) is 0 Å². The van der Waals surface area contributed by atoms with Crippen molar-refractivity contribution in [2.75, 3.05) is 6.61 Å². The second-order valence-corrected chi connectivity index (χ2v) is 5.22. The van der Waals surface area contributed by atoms with Crippen LogP contribution in [0.3, 0.4) is 0 Å². The zero-order chi connectivity index (χ0) is 10.6. The number of thioether (sulfide) groups is 1. The van der Waals surface area contributed by atoms with Gasteiger partial charge in [-0.05, 0) is 71.5 Å². The second-order valence-electron chi connectivity index (χ2n) is 2.72. The largest absolute Gasteiger partial charge is 0.479 e. The first-order valence-electron chi connectivity index (χ1n) is 4.24. The molecule has 0 aliphatic heterocycles. The van der Waals surface area contributed by atoms with E-state index in [2.05, 4.69) is 35.0 Å². The Morgan fingerprint density at radius 3 is 2.93 bits per heavy atom. The average molecular weight is 291 g/mol. The van der Waals surface area contributed by atoms with E-state index >= 15 is 0 Å². The molecule has 0 heterocycles. The molecule has 0 atom stereocenters. The Morgan fingerprint density at radius 1 is 1.57 bits per heavy atom. The molecule has 0 radical (unpaired) electrons. The normalized spacial score (nSPS) is 9.93. The van der Waals surface area contributed by atoms with Gasteiger partial charge in [0.1, 0.15) is 0 Å². The summed E-state index contributed by atoms with van der Waals surface area (Å²) >= 11 is 10.0. The van der Waals surface area contributed by atoms with Crippen LogP contribution in [0.2, 0.25) is 0 Å². The molecule has 0 amide bonds. The number of rotatable bonds is 2. The van der Waals surface area contributed by atoms with E-state index in [9.17, 15) is 0 Å². The van der Waals surface area contributed by atoms with Crippen LogP contribution in [0.25, 0.3) is 0 Å². The lowest BCUT2D eigenvalue weighted by atomic mass is 10.2. The smallest absolute Gasteiger partial charge is 0.224 e.